The van der Waals surface area contributed by atoms with Gasteiger partial charge < -0.3 is 9.32 Å². The predicted molar refractivity (Wildman–Crippen MR) is 133 cm³/mol. The maximum Gasteiger partial charge on any atom is 0.266 e. The highest BCUT2D eigenvalue weighted by Gasteiger charge is 2.14. The van der Waals surface area contributed by atoms with Crippen molar-refractivity contribution in [2.24, 2.45) is 0 Å². The highest BCUT2D eigenvalue weighted by Crippen LogP contribution is 2.26. The van der Waals surface area contributed by atoms with Gasteiger partial charge in [0, 0.05) is 29.4 Å². The van der Waals surface area contributed by atoms with Gasteiger partial charge in [0.15, 0.2) is 0 Å². The number of fused-ring (bicyclic) bond motifs is 2. The molecule has 1 saturated heterocycles. The van der Waals surface area contributed by atoms with E-state index in [1.165, 1.54) is 25.9 Å². The third-order valence-corrected chi connectivity index (χ3v) is 6.37. The molecule has 2 aromatic carbocycles. The Hall–Kier alpha value is -3.35. The molecule has 1 aliphatic heterocycles. The first kappa shape index (κ1) is 21.5. The van der Waals surface area contributed by atoms with Gasteiger partial charge in [-0.2, -0.15) is 5.10 Å². The topological polar surface area (TPSA) is 56.2 Å². The minimum absolute atomic E-state index is 0. The molecule has 6 rings (SSSR count). The van der Waals surface area contributed by atoms with E-state index in [2.05, 4.69) is 20.7 Å². The number of hydrogen-bond donors (Lipinski definition) is 0. The number of aromatic nitrogens is 3. The molecular formula is C26H25ClN4O2. The fourth-order valence-corrected chi connectivity index (χ4v) is 4.63. The summed E-state index contributed by atoms with van der Waals surface area (Å²) in [4.78, 5) is 15.7. The van der Waals surface area contributed by atoms with Crippen molar-refractivity contribution in [2.75, 3.05) is 19.6 Å². The summed E-state index contributed by atoms with van der Waals surface area (Å²) in [5, 5.41) is 6.20. The van der Waals surface area contributed by atoms with Crippen molar-refractivity contribution in [3.8, 4) is 17.0 Å². The van der Waals surface area contributed by atoms with E-state index in [9.17, 15) is 4.79 Å². The lowest BCUT2D eigenvalue weighted by Crippen LogP contribution is -2.24. The van der Waals surface area contributed by atoms with Crippen LogP contribution in [-0.2, 0) is 6.54 Å². The standard InChI is InChI=1S/C26H24N4O2.ClH/c31-26-22-17-25(19-6-2-1-3-7-19)32-24(22)10-13-29(26)21-8-9-23-20(16-21)18-27-30(23)15-14-28-11-4-5-12-28;/h1-3,6-10,13,16-18H,4-5,11-12,14-15H2;1H. The smallest absolute Gasteiger partial charge is 0.266 e. The van der Waals surface area contributed by atoms with E-state index in [1.54, 1.807) is 10.8 Å². The monoisotopic (exact) mass is 460 g/mol. The van der Waals surface area contributed by atoms with Crippen molar-refractivity contribution in [1.29, 1.82) is 0 Å². The summed E-state index contributed by atoms with van der Waals surface area (Å²) in [5.74, 6) is 0.699. The molecule has 0 amide bonds. The second-order valence-electron chi connectivity index (χ2n) is 8.41. The van der Waals surface area contributed by atoms with Crippen LogP contribution in [0, 0.1) is 0 Å². The van der Waals surface area contributed by atoms with E-state index in [0.717, 1.165) is 35.2 Å². The van der Waals surface area contributed by atoms with Crippen LogP contribution in [0.5, 0.6) is 0 Å². The van der Waals surface area contributed by atoms with E-state index in [-0.39, 0.29) is 18.0 Å². The average Bonchev–Trinajstić information content (AvgIpc) is 3.58. The zero-order valence-corrected chi connectivity index (χ0v) is 19.0. The molecule has 6 nitrogen and oxygen atoms in total. The van der Waals surface area contributed by atoms with Crippen LogP contribution in [0.1, 0.15) is 12.8 Å². The summed E-state index contributed by atoms with van der Waals surface area (Å²) in [5.41, 5.74) is 3.38. The molecule has 0 aliphatic carbocycles. The molecule has 0 bridgehead atoms. The van der Waals surface area contributed by atoms with Crippen LogP contribution in [0.15, 0.2) is 82.3 Å². The molecule has 1 aliphatic rings. The number of benzene rings is 2. The number of halogens is 1. The first-order valence-corrected chi connectivity index (χ1v) is 11.2. The lowest BCUT2D eigenvalue weighted by molar-refractivity contribution is 0.318. The Kier molecular flexibility index (Phi) is 5.79. The summed E-state index contributed by atoms with van der Waals surface area (Å²) in [6, 6.07) is 19.6. The van der Waals surface area contributed by atoms with Gasteiger partial charge in [0.25, 0.3) is 5.56 Å². The maximum atomic E-state index is 13.2. The van der Waals surface area contributed by atoms with Crippen LogP contribution < -0.4 is 5.56 Å². The van der Waals surface area contributed by atoms with Gasteiger partial charge in [0.1, 0.15) is 11.3 Å². The number of nitrogens with zero attached hydrogens (tertiary/aromatic N) is 4. The molecule has 4 heterocycles. The third kappa shape index (κ3) is 3.96. The Labute approximate surface area is 197 Å². The number of furan rings is 1. The minimum Gasteiger partial charge on any atom is -0.456 e. The Morgan fingerprint density at radius 3 is 2.58 bits per heavy atom. The zero-order chi connectivity index (χ0) is 21.5. The SMILES string of the molecule is Cl.O=c1c2cc(-c3ccccc3)oc2ccn1-c1ccc2c(cnn2CCN2CCCC2)c1. The second-order valence-corrected chi connectivity index (χ2v) is 8.41. The summed E-state index contributed by atoms with van der Waals surface area (Å²) in [6.45, 7) is 4.29. The van der Waals surface area contributed by atoms with Crippen molar-refractivity contribution in [2.45, 2.75) is 19.4 Å². The fraction of sp³-hybridized carbons (Fsp3) is 0.231. The summed E-state index contributed by atoms with van der Waals surface area (Å²) < 4.78 is 9.67. The number of hydrogen-bond acceptors (Lipinski definition) is 4. The normalized spacial score (nSPS) is 14.2. The Balaban J connectivity index is 0.00000228. The van der Waals surface area contributed by atoms with Gasteiger partial charge in [-0.15, -0.1) is 12.4 Å². The summed E-state index contributed by atoms with van der Waals surface area (Å²) in [7, 11) is 0. The summed E-state index contributed by atoms with van der Waals surface area (Å²) >= 11 is 0. The largest absolute Gasteiger partial charge is 0.456 e. The van der Waals surface area contributed by atoms with Crippen LogP contribution in [0.25, 0.3) is 38.9 Å². The van der Waals surface area contributed by atoms with Crippen molar-refractivity contribution in [3.63, 3.8) is 0 Å². The van der Waals surface area contributed by atoms with Gasteiger partial charge in [-0.25, -0.2) is 0 Å². The highest BCUT2D eigenvalue weighted by atomic mass is 35.5. The van der Waals surface area contributed by atoms with Gasteiger partial charge in [0.2, 0.25) is 0 Å². The van der Waals surface area contributed by atoms with Crippen LogP contribution in [0.3, 0.4) is 0 Å². The molecule has 0 radical (unpaired) electrons. The molecule has 0 spiro atoms. The van der Waals surface area contributed by atoms with Crippen LogP contribution in [0.2, 0.25) is 0 Å². The van der Waals surface area contributed by atoms with Crippen LogP contribution in [0.4, 0.5) is 0 Å². The van der Waals surface area contributed by atoms with Crippen molar-refractivity contribution < 1.29 is 4.42 Å². The van der Waals surface area contributed by atoms with E-state index < -0.39 is 0 Å². The van der Waals surface area contributed by atoms with Crippen molar-refractivity contribution in [1.82, 2.24) is 19.2 Å². The fourth-order valence-electron chi connectivity index (χ4n) is 4.63. The second kappa shape index (κ2) is 8.89. The van der Waals surface area contributed by atoms with E-state index in [0.29, 0.717) is 16.7 Å². The molecular weight excluding hydrogens is 436 g/mol. The van der Waals surface area contributed by atoms with Crippen LogP contribution >= 0.6 is 12.4 Å². The van der Waals surface area contributed by atoms with E-state index in [1.807, 2.05) is 60.8 Å². The Morgan fingerprint density at radius 2 is 1.76 bits per heavy atom. The molecule has 0 N–H and O–H groups in total. The van der Waals surface area contributed by atoms with E-state index in [4.69, 9.17) is 4.42 Å². The number of likely N-dealkylation sites (tertiary alicyclic amines) is 1. The molecule has 3 aromatic heterocycles. The molecule has 0 saturated carbocycles. The zero-order valence-electron chi connectivity index (χ0n) is 18.2. The lowest BCUT2D eigenvalue weighted by Gasteiger charge is -2.14. The minimum atomic E-state index is -0.0887. The Morgan fingerprint density at radius 1 is 0.939 bits per heavy atom. The number of pyridine rings is 1. The molecule has 5 aromatic rings. The Bertz CT molecular complexity index is 1460. The molecule has 0 atom stereocenters. The molecule has 0 unspecified atom stereocenters. The van der Waals surface area contributed by atoms with Crippen LogP contribution in [-0.4, -0.2) is 38.9 Å². The third-order valence-electron chi connectivity index (χ3n) is 6.37. The van der Waals surface area contributed by atoms with E-state index >= 15 is 0 Å². The highest BCUT2D eigenvalue weighted by molar-refractivity contribution is 5.85. The maximum absolute atomic E-state index is 13.2. The van der Waals surface area contributed by atoms with Gasteiger partial charge in [-0.1, -0.05) is 30.3 Å². The van der Waals surface area contributed by atoms with Gasteiger partial charge >= 0.3 is 0 Å². The predicted octanol–water partition coefficient (Wildman–Crippen LogP) is 5.12. The molecule has 1 fully saturated rings. The van der Waals surface area contributed by atoms with Gasteiger partial charge in [-0.05, 0) is 56.3 Å². The van der Waals surface area contributed by atoms with Crippen molar-refractivity contribution >= 4 is 34.3 Å². The quantitative estimate of drug-likeness (QED) is 0.365. The van der Waals surface area contributed by atoms with Gasteiger partial charge in [-0.3, -0.25) is 14.0 Å². The lowest BCUT2D eigenvalue weighted by atomic mass is 10.1. The first-order valence-electron chi connectivity index (χ1n) is 11.2. The average molecular weight is 461 g/mol. The van der Waals surface area contributed by atoms with Gasteiger partial charge in [0.05, 0.1) is 23.6 Å². The van der Waals surface area contributed by atoms with Crippen molar-refractivity contribution in [3.05, 3.63) is 83.4 Å². The summed E-state index contributed by atoms with van der Waals surface area (Å²) in [6.07, 6.45) is 6.26. The molecule has 7 heteroatoms. The first-order chi connectivity index (χ1) is 15.8. The number of rotatable bonds is 5. The molecule has 168 valence electrons. The molecule has 33 heavy (non-hydrogen) atoms.